The lowest BCUT2D eigenvalue weighted by molar-refractivity contribution is -0.140. The number of nitrogens with one attached hydrogen (secondary N) is 1. The molecule has 10 nitrogen and oxygen atoms in total. The van der Waals surface area contributed by atoms with E-state index in [1.165, 1.54) is 11.2 Å². The van der Waals surface area contributed by atoms with E-state index < -0.39 is 23.3 Å². The normalized spacial score (nSPS) is 13.3. The summed E-state index contributed by atoms with van der Waals surface area (Å²) in [6, 6.07) is 9.42. The van der Waals surface area contributed by atoms with E-state index >= 15 is 0 Å². The molecule has 0 saturated carbocycles. The summed E-state index contributed by atoms with van der Waals surface area (Å²) in [5.41, 5.74) is 4.68. The van der Waals surface area contributed by atoms with Gasteiger partial charge in [0.25, 0.3) is 0 Å². The first-order valence-electron chi connectivity index (χ1n) is 10.9. The smallest absolute Gasteiger partial charge is 0.414 e. The zero-order chi connectivity index (χ0) is 24.5. The van der Waals surface area contributed by atoms with Gasteiger partial charge in [-0.1, -0.05) is 35.5 Å². The summed E-state index contributed by atoms with van der Waals surface area (Å²) >= 11 is 0. The Bertz CT molecular complexity index is 896. The van der Waals surface area contributed by atoms with Crippen molar-refractivity contribution in [2.45, 2.75) is 58.4 Å². The lowest BCUT2D eigenvalue weighted by Gasteiger charge is -2.34. The quantitative estimate of drug-likeness (QED) is 0.323. The van der Waals surface area contributed by atoms with E-state index in [2.05, 4.69) is 10.5 Å². The van der Waals surface area contributed by atoms with Crippen LogP contribution in [0.25, 0.3) is 0 Å². The van der Waals surface area contributed by atoms with E-state index in [1.807, 2.05) is 30.3 Å². The molecule has 4 N–H and O–H groups in total. The van der Waals surface area contributed by atoms with Crippen molar-refractivity contribution >= 4 is 17.7 Å². The summed E-state index contributed by atoms with van der Waals surface area (Å²) in [6.07, 6.45) is 1.71. The summed E-state index contributed by atoms with van der Waals surface area (Å²) in [6.45, 7) is 7.04. The Hall–Kier alpha value is -2.95. The van der Waals surface area contributed by atoms with Gasteiger partial charge in [-0.2, -0.15) is 0 Å². The van der Waals surface area contributed by atoms with E-state index in [9.17, 15) is 9.59 Å². The minimum Gasteiger partial charge on any atom is -0.449 e. The van der Waals surface area contributed by atoms with Crippen molar-refractivity contribution in [1.29, 1.82) is 0 Å². The van der Waals surface area contributed by atoms with E-state index in [0.29, 0.717) is 12.8 Å². The second-order valence-corrected chi connectivity index (χ2v) is 8.31. The first-order chi connectivity index (χ1) is 15.6. The fraction of sp³-hybridized carbons (Fsp3) is 0.522. The van der Waals surface area contributed by atoms with Gasteiger partial charge in [-0.3, -0.25) is 9.69 Å². The monoisotopic (exact) mass is 462 g/mol. The molecule has 1 aromatic heterocycles. The minimum atomic E-state index is -1.48. The number of carbonyl (C=O) groups excluding carboxylic acids is 2. The third kappa shape index (κ3) is 7.28. The second-order valence-electron chi connectivity index (χ2n) is 8.31. The third-order valence-corrected chi connectivity index (χ3v) is 4.88. The number of hydrogen-bond donors (Lipinski definition) is 3. The summed E-state index contributed by atoms with van der Waals surface area (Å²) in [5, 5.41) is 16.0. The van der Waals surface area contributed by atoms with E-state index in [0.717, 1.165) is 5.56 Å². The predicted octanol–water partition coefficient (Wildman–Crippen LogP) is 2.65. The number of anilines is 1. The van der Waals surface area contributed by atoms with Crippen molar-refractivity contribution in [2.75, 3.05) is 24.7 Å². The molecular formula is C23H34N4O6. The number of aliphatic hydroxyl groups is 1. The topological polar surface area (TPSA) is 140 Å². The molecule has 0 bridgehead atoms. The standard InChI is InChI=1S/C23H34N4O6/c1-5-31-21(30)27(13-9-10-14-28)18-16-33-26-19(18)23(4,25-20(29)22(2,3)24)32-15-17-11-7-6-8-12-17/h6-8,11-12,16,28H,5,9-10,13-15,24H2,1-4H3,(H,25,29). The summed E-state index contributed by atoms with van der Waals surface area (Å²) in [5.74, 6) is -0.477. The van der Waals surface area contributed by atoms with Gasteiger partial charge in [0.2, 0.25) is 5.91 Å². The number of carbonyl (C=O) groups is 2. The molecule has 0 fully saturated rings. The maximum atomic E-state index is 12.8. The highest BCUT2D eigenvalue weighted by atomic mass is 16.6. The zero-order valence-electron chi connectivity index (χ0n) is 19.7. The Balaban J connectivity index is 2.44. The van der Waals surface area contributed by atoms with Crippen LogP contribution in [0.15, 0.2) is 41.1 Å². The van der Waals surface area contributed by atoms with Crippen LogP contribution in [0, 0.1) is 0 Å². The van der Waals surface area contributed by atoms with E-state index in [4.69, 9.17) is 24.8 Å². The first kappa shape index (κ1) is 26.3. The molecule has 0 aliphatic heterocycles. The number of amides is 2. The Morgan fingerprint density at radius 1 is 1.21 bits per heavy atom. The fourth-order valence-corrected chi connectivity index (χ4v) is 2.99. The molecule has 0 spiro atoms. The van der Waals surface area contributed by atoms with Gasteiger partial charge in [-0.15, -0.1) is 0 Å². The van der Waals surface area contributed by atoms with Crippen molar-refractivity contribution in [3.8, 4) is 0 Å². The van der Waals surface area contributed by atoms with Gasteiger partial charge >= 0.3 is 6.09 Å². The molecule has 2 rings (SSSR count). The van der Waals surface area contributed by atoms with Crippen molar-refractivity contribution in [3.05, 3.63) is 47.9 Å². The van der Waals surface area contributed by atoms with Crippen LogP contribution < -0.4 is 16.0 Å². The number of nitrogens with zero attached hydrogens (tertiary/aromatic N) is 2. The number of rotatable bonds is 12. The van der Waals surface area contributed by atoms with Crippen LogP contribution in [0.5, 0.6) is 0 Å². The number of unbranched alkanes of at least 4 members (excludes halogenated alkanes) is 1. The van der Waals surface area contributed by atoms with Gasteiger partial charge in [0.15, 0.2) is 11.4 Å². The summed E-state index contributed by atoms with van der Waals surface area (Å²) in [7, 11) is 0. The van der Waals surface area contributed by atoms with Crippen LogP contribution in [0.3, 0.4) is 0 Å². The van der Waals surface area contributed by atoms with Gasteiger partial charge in [0.05, 0.1) is 18.8 Å². The van der Waals surface area contributed by atoms with Crippen LogP contribution in [-0.2, 0) is 26.6 Å². The molecular weight excluding hydrogens is 428 g/mol. The molecule has 1 atom stereocenters. The molecule has 10 heteroatoms. The highest BCUT2D eigenvalue weighted by Crippen LogP contribution is 2.33. The van der Waals surface area contributed by atoms with Crippen molar-refractivity contribution < 1.29 is 28.7 Å². The molecule has 0 radical (unpaired) electrons. The number of benzene rings is 1. The number of aromatic nitrogens is 1. The molecule has 33 heavy (non-hydrogen) atoms. The molecule has 182 valence electrons. The number of hydrogen-bond acceptors (Lipinski definition) is 8. The largest absolute Gasteiger partial charge is 0.449 e. The van der Waals surface area contributed by atoms with Crippen LogP contribution in [0.4, 0.5) is 10.5 Å². The summed E-state index contributed by atoms with van der Waals surface area (Å²) in [4.78, 5) is 26.9. The molecule has 2 aromatic rings. The van der Waals surface area contributed by atoms with Crippen LogP contribution >= 0.6 is 0 Å². The number of aliphatic hydroxyl groups excluding tert-OH is 1. The predicted molar refractivity (Wildman–Crippen MR) is 122 cm³/mol. The molecule has 0 aliphatic rings. The zero-order valence-corrected chi connectivity index (χ0v) is 19.7. The highest BCUT2D eigenvalue weighted by molar-refractivity contribution is 5.89. The van der Waals surface area contributed by atoms with Gasteiger partial charge < -0.3 is 30.2 Å². The number of ether oxygens (including phenoxy) is 2. The molecule has 2 amide bonds. The maximum absolute atomic E-state index is 12.8. The van der Waals surface area contributed by atoms with Crippen molar-refractivity contribution in [3.63, 3.8) is 0 Å². The molecule has 0 saturated heterocycles. The molecule has 1 heterocycles. The highest BCUT2D eigenvalue weighted by Gasteiger charge is 2.40. The first-order valence-corrected chi connectivity index (χ1v) is 10.9. The number of nitrogens with two attached hydrogens (primary N) is 1. The van der Waals surface area contributed by atoms with Crippen LogP contribution in [-0.4, -0.2) is 47.6 Å². The maximum Gasteiger partial charge on any atom is 0.414 e. The van der Waals surface area contributed by atoms with Crippen molar-refractivity contribution in [2.24, 2.45) is 5.73 Å². The Morgan fingerprint density at radius 3 is 2.52 bits per heavy atom. The van der Waals surface area contributed by atoms with Crippen LogP contribution in [0.2, 0.25) is 0 Å². The average Bonchev–Trinajstić information content (AvgIpc) is 3.26. The van der Waals surface area contributed by atoms with Crippen LogP contribution in [0.1, 0.15) is 51.8 Å². The van der Waals surface area contributed by atoms with Gasteiger partial charge in [0.1, 0.15) is 12.0 Å². The Labute approximate surface area is 194 Å². The van der Waals surface area contributed by atoms with E-state index in [-0.39, 0.29) is 37.7 Å². The molecule has 0 aliphatic carbocycles. The molecule has 1 aromatic carbocycles. The lowest BCUT2D eigenvalue weighted by atomic mass is 10.0. The summed E-state index contributed by atoms with van der Waals surface area (Å²) < 4.78 is 16.6. The minimum absolute atomic E-state index is 0.00724. The lowest BCUT2D eigenvalue weighted by Crippen LogP contribution is -2.56. The van der Waals surface area contributed by atoms with E-state index in [1.54, 1.807) is 27.7 Å². The fourth-order valence-electron chi connectivity index (χ4n) is 2.99. The van der Waals surface area contributed by atoms with Gasteiger partial charge in [-0.05, 0) is 46.1 Å². The SMILES string of the molecule is CCOC(=O)N(CCCCO)c1conc1C(C)(NC(=O)C(C)(C)N)OCc1ccccc1. The Morgan fingerprint density at radius 2 is 1.91 bits per heavy atom. The van der Waals surface area contributed by atoms with Gasteiger partial charge in [0, 0.05) is 13.2 Å². The Kier molecular flexibility index (Phi) is 9.39. The van der Waals surface area contributed by atoms with Gasteiger partial charge in [-0.25, -0.2) is 4.79 Å². The second kappa shape index (κ2) is 11.8. The van der Waals surface area contributed by atoms with Crippen molar-refractivity contribution in [1.82, 2.24) is 10.5 Å². The average molecular weight is 463 g/mol. The molecule has 1 unspecified atom stereocenters. The third-order valence-electron chi connectivity index (χ3n) is 4.88.